The number of hydrogen-bond donors (Lipinski definition) is 2. The van der Waals surface area contributed by atoms with Gasteiger partial charge in [0.1, 0.15) is 5.69 Å². The lowest BCUT2D eigenvalue weighted by atomic mass is 10.1. The van der Waals surface area contributed by atoms with E-state index in [1.165, 1.54) is 12.1 Å². The molecule has 1 aromatic rings. The van der Waals surface area contributed by atoms with Crippen LogP contribution in [0.4, 0.5) is 11.4 Å². The summed E-state index contributed by atoms with van der Waals surface area (Å²) in [6.45, 7) is 5.68. The summed E-state index contributed by atoms with van der Waals surface area (Å²) in [4.78, 5) is 15.1. The Morgan fingerprint density at radius 2 is 2.00 bits per heavy atom. The number of hydrogen-bond acceptors (Lipinski definition) is 7. The molecule has 3 heterocycles. The quantitative estimate of drug-likeness (QED) is 0.554. The van der Waals surface area contributed by atoms with Gasteiger partial charge in [0.15, 0.2) is 0 Å². The van der Waals surface area contributed by atoms with Gasteiger partial charge in [0.2, 0.25) is 10.0 Å². The number of rotatable bonds is 5. The highest BCUT2D eigenvalue weighted by molar-refractivity contribution is 7.89. The average Bonchev–Trinajstić information content (AvgIpc) is 2.53. The van der Waals surface area contributed by atoms with Crippen molar-refractivity contribution < 1.29 is 13.3 Å². The van der Waals surface area contributed by atoms with E-state index in [1.807, 2.05) is 0 Å². The molecule has 4 rings (SSSR count). The van der Waals surface area contributed by atoms with Crippen LogP contribution in [0.1, 0.15) is 0 Å². The third kappa shape index (κ3) is 3.44. The summed E-state index contributed by atoms with van der Waals surface area (Å²) in [5.41, 5.74) is 0.0212. The summed E-state index contributed by atoms with van der Waals surface area (Å²) in [7, 11) is -3.97. The highest BCUT2D eigenvalue weighted by Gasteiger charge is 2.31. The fourth-order valence-corrected chi connectivity index (χ4v) is 3.67. The minimum atomic E-state index is -3.97. The van der Waals surface area contributed by atoms with Crippen LogP contribution in [0.2, 0.25) is 0 Å². The fraction of sp³-hybridized carbons (Fsp3) is 0.538. The Bertz CT molecular complexity index is 715. The predicted octanol–water partition coefficient (Wildman–Crippen LogP) is -0.346. The van der Waals surface area contributed by atoms with Crippen LogP contribution in [0.25, 0.3) is 0 Å². The molecule has 0 aromatic heterocycles. The van der Waals surface area contributed by atoms with Crippen LogP contribution >= 0.6 is 0 Å². The van der Waals surface area contributed by atoms with E-state index >= 15 is 0 Å². The summed E-state index contributed by atoms with van der Waals surface area (Å²) in [6, 6.07) is 3.97. The molecule has 23 heavy (non-hydrogen) atoms. The predicted molar refractivity (Wildman–Crippen MR) is 84.8 cm³/mol. The Morgan fingerprint density at radius 3 is 2.52 bits per heavy atom. The standard InChI is InChI=1S/C13H19N5O4S/c14-23(21,22)11-1-2-12(13(7-11)18(19)20)15-8-10-9-16-3-5-17(10)6-4-16/h1-2,7,10,15H,3-6,8-9H2,(H2,14,21,22). The molecule has 3 fully saturated rings. The number of primary sulfonamides is 1. The Kier molecular flexibility index (Phi) is 4.23. The number of benzene rings is 1. The third-order valence-corrected chi connectivity index (χ3v) is 5.33. The molecule has 3 N–H and O–H groups in total. The number of piperazine rings is 3. The normalized spacial score (nSPS) is 26.9. The zero-order chi connectivity index (χ0) is 16.6. The molecule has 2 bridgehead atoms. The average molecular weight is 341 g/mol. The van der Waals surface area contributed by atoms with Gasteiger partial charge in [0, 0.05) is 51.4 Å². The summed E-state index contributed by atoms with van der Waals surface area (Å²) >= 11 is 0. The SMILES string of the molecule is NS(=O)(=O)c1ccc(NCC2CN3CCN2CC3)c([N+](=O)[O-])c1. The molecule has 3 saturated heterocycles. The first kappa shape index (κ1) is 16.1. The summed E-state index contributed by atoms with van der Waals surface area (Å²) < 4.78 is 22.7. The Hall–Kier alpha value is -1.75. The van der Waals surface area contributed by atoms with Crippen molar-refractivity contribution in [3.8, 4) is 0 Å². The van der Waals surface area contributed by atoms with Gasteiger partial charge < -0.3 is 5.32 Å². The van der Waals surface area contributed by atoms with Crippen LogP contribution in [0.15, 0.2) is 23.1 Å². The van der Waals surface area contributed by atoms with Crippen molar-refractivity contribution in [1.29, 1.82) is 0 Å². The third-order valence-electron chi connectivity index (χ3n) is 4.41. The molecule has 1 unspecified atom stereocenters. The van der Waals surface area contributed by atoms with Crippen molar-refractivity contribution >= 4 is 21.4 Å². The second kappa shape index (κ2) is 6.04. The number of nitrogens with one attached hydrogen (secondary N) is 1. The van der Waals surface area contributed by atoms with E-state index in [0.717, 1.165) is 38.8 Å². The molecule has 0 saturated carbocycles. The lowest BCUT2D eigenvalue weighted by Gasteiger charge is -2.47. The van der Waals surface area contributed by atoms with Gasteiger partial charge in [-0.05, 0) is 12.1 Å². The lowest BCUT2D eigenvalue weighted by molar-refractivity contribution is -0.384. The van der Waals surface area contributed by atoms with Gasteiger partial charge in [-0.1, -0.05) is 0 Å². The molecular formula is C13H19N5O4S. The van der Waals surface area contributed by atoms with E-state index in [9.17, 15) is 18.5 Å². The number of nitrogens with two attached hydrogens (primary N) is 1. The zero-order valence-corrected chi connectivity index (χ0v) is 13.3. The number of anilines is 1. The number of fused-ring (bicyclic) bond motifs is 3. The maximum absolute atomic E-state index is 11.3. The molecule has 1 atom stereocenters. The molecule has 0 spiro atoms. The van der Waals surface area contributed by atoms with E-state index in [0.29, 0.717) is 18.3 Å². The zero-order valence-electron chi connectivity index (χ0n) is 12.5. The lowest BCUT2D eigenvalue weighted by Crippen LogP contribution is -2.62. The van der Waals surface area contributed by atoms with Crippen LogP contribution in [-0.2, 0) is 10.0 Å². The van der Waals surface area contributed by atoms with Crippen molar-refractivity contribution in [3.63, 3.8) is 0 Å². The minimum absolute atomic E-state index is 0.263. The Balaban J connectivity index is 1.76. The maximum atomic E-state index is 11.3. The van der Waals surface area contributed by atoms with Gasteiger partial charge in [-0.25, -0.2) is 13.6 Å². The molecule has 0 radical (unpaired) electrons. The second-order valence-electron chi connectivity index (χ2n) is 5.85. The first-order valence-corrected chi connectivity index (χ1v) is 8.91. The Morgan fingerprint density at radius 1 is 1.30 bits per heavy atom. The molecule has 9 nitrogen and oxygen atoms in total. The number of nitrogens with zero attached hydrogens (tertiary/aromatic N) is 3. The fourth-order valence-electron chi connectivity index (χ4n) is 3.13. The highest BCUT2D eigenvalue weighted by Crippen LogP contribution is 2.27. The Labute approximate surface area is 134 Å². The molecule has 0 aliphatic carbocycles. The van der Waals surface area contributed by atoms with Crippen molar-refractivity contribution in [2.45, 2.75) is 10.9 Å². The van der Waals surface area contributed by atoms with Gasteiger partial charge in [-0.2, -0.15) is 0 Å². The van der Waals surface area contributed by atoms with Crippen LogP contribution in [0, 0.1) is 10.1 Å². The van der Waals surface area contributed by atoms with Crippen LogP contribution in [-0.4, -0.2) is 68.5 Å². The molecule has 10 heteroatoms. The number of nitro groups is 1. The largest absolute Gasteiger partial charge is 0.378 e. The monoisotopic (exact) mass is 341 g/mol. The molecule has 0 amide bonds. The van der Waals surface area contributed by atoms with Gasteiger partial charge in [0.25, 0.3) is 5.69 Å². The smallest absolute Gasteiger partial charge is 0.293 e. The molecule has 1 aromatic carbocycles. The molecular weight excluding hydrogens is 322 g/mol. The molecule has 126 valence electrons. The van der Waals surface area contributed by atoms with Crippen molar-refractivity contribution in [3.05, 3.63) is 28.3 Å². The summed E-state index contributed by atoms with van der Waals surface area (Å²) in [6.07, 6.45) is 0. The van der Waals surface area contributed by atoms with E-state index in [1.54, 1.807) is 0 Å². The molecule has 3 aliphatic rings. The molecule has 3 aliphatic heterocycles. The van der Waals surface area contributed by atoms with Crippen molar-refractivity contribution in [2.24, 2.45) is 5.14 Å². The summed E-state index contributed by atoms with van der Waals surface area (Å²) in [5.74, 6) is 0. The van der Waals surface area contributed by atoms with E-state index in [2.05, 4.69) is 15.1 Å². The van der Waals surface area contributed by atoms with E-state index < -0.39 is 14.9 Å². The first-order valence-electron chi connectivity index (χ1n) is 7.36. The van der Waals surface area contributed by atoms with Gasteiger partial charge in [-0.15, -0.1) is 0 Å². The van der Waals surface area contributed by atoms with Crippen LogP contribution in [0.3, 0.4) is 0 Å². The second-order valence-corrected chi connectivity index (χ2v) is 7.41. The van der Waals surface area contributed by atoms with Gasteiger partial charge in [0.05, 0.1) is 9.82 Å². The first-order chi connectivity index (χ1) is 10.8. The van der Waals surface area contributed by atoms with Gasteiger partial charge in [-0.3, -0.25) is 19.9 Å². The highest BCUT2D eigenvalue weighted by atomic mass is 32.2. The van der Waals surface area contributed by atoms with Gasteiger partial charge >= 0.3 is 0 Å². The van der Waals surface area contributed by atoms with E-state index in [-0.39, 0.29) is 10.6 Å². The number of sulfonamides is 1. The number of nitro benzene ring substituents is 1. The van der Waals surface area contributed by atoms with Crippen molar-refractivity contribution in [1.82, 2.24) is 9.80 Å². The topological polar surface area (TPSA) is 122 Å². The maximum Gasteiger partial charge on any atom is 0.293 e. The van der Waals surface area contributed by atoms with Crippen LogP contribution < -0.4 is 10.5 Å². The van der Waals surface area contributed by atoms with Crippen LogP contribution in [0.5, 0.6) is 0 Å². The summed E-state index contributed by atoms with van der Waals surface area (Å²) in [5, 5.41) is 19.3. The van der Waals surface area contributed by atoms with E-state index in [4.69, 9.17) is 5.14 Å². The van der Waals surface area contributed by atoms with Crippen molar-refractivity contribution in [2.75, 3.05) is 44.6 Å². The minimum Gasteiger partial charge on any atom is -0.378 e.